The highest BCUT2D eigenvalue weighted by Crippen LogP contribution is 2.16. The van der Waals surface area contributed by atoms with Crippen molar-refractivity contribution in [2.75, 3.05) is 27.2 Å². The lowest BCUT2D eigenvalue weighted by atomic mass is 9.95. The molecule has 0 spiro atoms. The molecular weight excluding hydrogens is 242 g/mol. The molecule has 102 valence electrons. The van der Waals surface area contributed by atoms with Crippen LogP contribution in [-0.4, -0.2) is 49.9 Å². The number of carbonyl (C=O) groups excluding carboxylic acids is 2. The van der Waals surface area contributed by atoms with Crippen molar-refractivity contribution in [2.24, 2.45) is 0 Å². The number of nitrogens with one attached hydrogen (secondary N) is 2. The van der Waals surface area contributed by atoms with Crippen molar-refractivity contribution < 1.29 is 9.59 Å². The molecule has 2 N–H and O–H groups in total. The van der Waals surface area contributed by atoms with Crippen molar-refractivity contribution in [3.63, 3.8) is 0 Å². The Morgan fingerprint density at radius 3 is 2.89 bits per heavy atom. The molecule has 0 fully saturated rings. The zero-order valence-corrected chi connectivity index (χ0v) is 11.3. The van der Waals surface area contributed by atoms with Gasteiger partial charge in [0, 0.05) is 25.1 Å². The smallest absolute Gasteiger partial charge is 0.252 e. The summed E-state index contributed by atoms with van der Waals surface area (Å²) in [5, 5.41) is 5.59. The first kappa shape index (κ1) is 13.5. The minimum Gasteiger partial charge on any atom is -0.353 e. The van der Waals surface area contributed by atoms with E-state index in [9.17, 15) is 9.59 Å². The first-order chi connectivity index (χ1) is 9.08. The van der Waals surface area contributed by atoms with E-state index in [1.54, 1.807) is 6.07 Å². The molecule has 0 radical (unpaired) electrons. The van der Waals surface area contributed by atoms with Crippen molar-refractivity contribution in [3.8, 4) is 0 Å². The average Bonchev–Trinajstić information content (AvgIpc) is 2.38. The highest BCUT2D eigenvalue weighted by molar-refractivity contribution is 6.00. The molecular formula is C14H19N3O2. The minimum absolute atomic E-state index is 0.121. The van der Waals surface area contributed by atoms with Gasteiger partial charge in [-0.05, 0) is 25.7 Å². The average molecular weight is 261 g/mol. The molecule has 0 aliphatic carbocycles. The lowest BCUT2D eigenvalue weighted by Gasteiger charge is -2.25. The molecule has 2 amide bonds. The summed E-state index contributed by atoms with van der Waals surface area (Å²) in [6.45, 7) is 1.36. The van der Waals surface area contributed by atoms with Gasteiger partial charge in [0.25, 0.3) is 5.91 Å². The molecule has 1 aliphatic rings. The Morgan fingerprint density at radius 2 is 2.16 bits per heavy atom. The van der Waals surface area contributed by atoms with E-state index in [-0.39, 0.29) is 11.8 Å². The molecule has 0 bridgehead atoms. The van der Waals surface area contributed by atoms with Crippen LogP contribution < -0.4 is 10.6 Å². The Balaban J connectivity index is 1.97. The quantitative estimate of drug-likeness (QED) is 0.803. The molecule has 5 nitrogen and oxygen atoms in total. The predicted octanol–water partition coefficient (Wildman–Crippen LogP) is 0.0189. The standard InChI is InChI=1S/C14H19N3O2/c1-17(2)8-7-15-14(19)12-9-10-5-3-4-6-11(10)13(18)16-12/h3-6,12H,7-9H2,1-2H3,(H,15,19)(H,16,18). The second-order valence-electron chi connectivity index (χ2n) is 4.98. The van der Waals surface area contributed by atoms with E-state index in [1.165, 1.54) is 0 Å². The van der Waals surface area contributed by atoms with Gasteiger partial charge in [-0.25, -0.2) is 0 Å². The van der Waals surface area contributed by atoms with E-state index >= 15 is 0 Å². The van der Waals surface area contributed by atoms with Crippen LogP contribution in [0.1, 0.15) is 15.9 Å². The molecule has 1 aliphatic heterocycles. The van der Waals surface area contributed by atoms with Gasteiger partial charge in [0.05, 0.1) is 0 Å². The van der Waals surface area contributed by atoms with Crippen LogP contribution in [-0.2, 0) is 11.2 Å². The van der Waals surface area contributed by atoms with Crippen LogP contribution in [0.2, 0.25) is 0 Å². The summed E-state index contributed by atoms with van der Waals surface area (Å²) >= 11 is 0. The summed E-state index contributed by atoms with van der Waals surface area (Å²) < 4.78 is 0. The number of nitrogens with zero attached hydrogens (tertiary/aromatic N) is 1. The van der Waals surface area contributed by atoms with E-state index in [1.807, 2.05) is 37.2 Å². The van der Waals surface area contributed by atoms with Gasteiger partial charge in [0.2, 0.25) is 5.91 Å². The number of amides is 2. The van der Waals surface area contributed by atoms with Crippen molar-refractivity contribution in [3.05, 3.63) is 35.4 Å². The van der Waals surface area contributed by atoms with Gasteiger partial charge in [-0.1, -0.05) is 18.2 Å². The van der Waals surface area contributed by atoms with E-state index in [0.717, 1.165) is 12.1 Å². The molecule has 2 rings (SSSR count). The van der Waals surface area contributed by atoms with Crippen molar-refractivity contribution >= 4 is 11.8 Å². The third kappa shape index (κ3) is 3.32. The monoisotopic (exact) mass is 261 g/mol. The SMILES string of the molecule is CN(C)CCNC(=O)C1Cc2ccccc2C(=O)N1. The van der Waals surface area contributed by atoms with Gasteiger partial charge < -0.3 is 15.5 Å². The van der Waals surface area contributed by atoms with Gasteiger partial charge in [-0.3, -0.25) is 9.59 Å². The second kappa shape index (κ2) is 5.84. The van der Waals surface area contributed by atoms with Crippen LogP contribution in [0.3, 0.4) is 0 Å². The molecule has 1 atom stereocenters. The fourth-order valence-corrected chi connectivity index (χ4v) is 2.11. The third-order valence-electron chi connectivity index (χ3n) is 3.17. The molecule has 0 aromatic heterocycles. The second-order valence-corrected chi connectivity index (χ2v) is 4.98. The van der Waals surface area contributed by atoms with Gasteiger partial charge in [0.1, 0.15) is 6.04 Å². The van der Waals surface area contributed by atoms with Gasteiger partial charge in [0.15, 0.2) is 0 Å². The summed E-state index contributed by atoms with van der Waals surface area (Å²) in [7, 11) is 3.90. The van der Waals surface area contributed by atoms with E-state index < -0.39 is 6.04 Å². The lowest BCUT2D eigenvalue weighted by Crippen LogP contribution is -2.51. The zero-order valence-electron chi connectivity index (χ0n) is 11.3. The van der Waals surface area contributed by atoms with Crippen LogP contribution in [0.4, 0.5) is 0 Å². The van der Waals surface area contributed by atoms with E-state index in [4.69, 9.17) is 0 Å². The number of fused-ring (bicyclic) bond motifs is 1. The Bertz CT molecular complexity index is 485. The number of hydrogen-bond acceptors (Lipinski definition) is 3. The van der Waals surface area contributed by atoms with E-state index in [0.29, 0.717) is 18.5 Å². The fraction of sp³-hybridized carbons (Fsp3) is 0.429. The van der Waals surface area contributed by atoms with Crippen molar-refractivity contribution in [1.29, 1.82) is 0 Å². The Morgan fingerprint density at radius 1 is 1.42 bits per heavy atom. The summed E-state index contributed by atoms with van der Waals surface area (Å²) in [5.74, 6) is -0.292. The summed E-state index contributed by atoms with van der Waals surface area (Å²) in [4.78, 5) is 25.9. The lowest BCUT2D eigenvalue weighted by molar-refractivity contribution is -0.123. The minimum atomic E-state index is -0.468. The molecule has 1 aromatic rings. The summed E-state index contributed by atoms with van der Waals surface area (Å²) in [6.07, 6.45) is 0.551. The zero-order chi connectivity index (χ0) is 13.8. The number of likely N-dealkylation sites (N-methyl/N-ethyl adjacent to an activating group) is 1. The maximum atomic E-state index is 12.0. The van der Waals surface area contributed by atoms with Crippen LogP contribution >= 0.6 is 0 Å². The normalized spacial score (nSPS) is 17.8. The molecule has 0 saturated carbocycles. The Kier molecular flexibility index (Phi) is 4.16. The topological polar surface area (TPSA) is 61.4 Å². The molecule has 0 saturated heterocycles. The Labute approximate surface area is 113 Å². The summed E-state index contributed by atoms with van der Waals surface area (Å²) in [5.41, 5.74) is 1.60. The van der Waals surface area contributed by atoms with Gasteiger partial charge >= 0.3 is 0 Å². The maximum absolute atomic E-state index is 12.0. The highest BCUT2D eigenvalue weighted by atomic mass is 16.2. The first-order valence-corrected chi connectivity index (χ1v) is 6.39. The third-order valence-corrected chi connectivity index (χ3v) is 3.17. The summed E-state index contributed by atoms with van der Waals surface area (Å²) in [6, 6.07) is 6.93. The van der Waals surface area contributed by atoms with Crippen LogP contribution in [0.5, 0.6) is 0 Å². The van der Waals surface area contributed by atoms with Crippen LogP contribution in [0, 0.1) is 0 Å². The molecule has 1 aromatic carbocycles. The molecule has 1 heterocycles. The predicted molar refractivity (Wildman–Crippen MR) is 73.0 cm³/mol. The van der Waals surface area contributed by atoms with Gasteiger partial charge in [-0.2, -0.15) is 0 Å². The first-order valence-electron chi connectivity index (χ1n) is 6.39. The Hall–Kier alpha value is -1.88. The van der Waals surface area contributed by atoms with E-state index in [2.05, 4.69) is 10.6 Å². The molecule has 1 unspecified atom stereocenters. The number of carbonyl (C=O) groups is 2. The van der Waals surface area contributed by atoms with Gasteiger partial charge in [-0.15, -0.1) is 0 Å². The van der Waals surface area contributed by atoms with Crippen molar-refractivity contribution in [2.45, 2.75) is 12.5 Å². The molecule has 5 heteroatoms. The number of rotatable bonds is 4. The van der Waals surface area contributed by atoms with Crippen LogP contribution in [0.15, 0.2) is 24.3 Å². The number of hydrogen-bond donors (Lipinski definition) is 2. The number of benzene rings is 1. The highest BCUT2D eigenvalue weighted by Gasteiger charge is 2.28. The molecule has 19 heavy (non-hydrogen) atoms. The van der Waals surface area contributed by atoms with Crippen LogP contribution in [0.25, 0.3) is 0 Å². The largest absolute Gasteiger partial charge is 0.353 e. The fourth-order valence-electron chi connectivity index (χ4n) is 2.11. The van der Waals surface area contributed by atoms with Crippen molar-refractivity contribution in [1.82, 2.24) is 15.5 Å². The maximum Gasteiger partial charge on any atom is 0.252 e.